The summed E-state index contributed by atoms with van der Waals surface area (Å²) in [5, 5.41) is 10.4. The van der Waals surface area contributed by atoms with Crippen LogP contribution in [0.15, 0.2) is 25.3 Å². The maximum atomic E-state index is 14.3. The highest BCUT2D eigenvalue weighted by Gasteiger charge is 2.80. The Labute approximate surface area is 216 Å². The smallest absolute Gasteiger partial charge is 0.248 e. The standard InChI is InChI=1S/C28H45N3O5/c1-9-12-15-30(14-11-3)26(35)23-28-16-19(6)27(7,36-28)21(24(33)29(8)13-10-2)22(28)25(34)31(23)20(17-32)18(4)5/h10-11,18-23,32H,2-3,9,12-17H2,1,4-8H3/t19?,20-,21+,22-,23?,27-,28?/m0/s1. The monoisotopic (exact) mass is 503 g/mol. The van der Waals surface area contributed by atoms with E-state index in [1.807, 2.05) is 27.7 Å². The van der Waals surface area contributed by atoms with Crippen molar-refractivity contribution in [2.75, 3.05) is 33.3 Å². The van der Waals surface area contributed by atoms with Crippen LogP contribution >= 0.6 is 0 Å². The highest BCUT2D eigenvalue weighted by atomic mass is 16.5. The van der Waals surface area contributed by atoms with Gasteiger partial charge in [0.25, 0.3) is 0 Å². The minimum Gasteiger partial charge on any atom is -0.394 e. The highest BCUT2D eigenvalue weighted by Crippen LogP contribution is 2.65. The van der Waals surface area contributed by atoms with Gasteiger partial charge in [0.15, 0.2) is 0 Å². The van der Waals surface area contributed by atoms with E-state index in [1.54, 1.807) is 33.9 Å². The Bertz CT molecular complexity index is 890. The Morgan fingerprint density at radius 1 is 1.25 bits per heavy atom. The minimum absolute atomic E-state index is 0.0296. The lowest BCUT2D eigenvalue weighted by molar-refractivity contribution is -0.158. The molecule has 0 aromatic rings. The number of unbranched alkanes of at least 4 members (excludes halogenated alkanes) is 1. The minimum atomic E-state index is -1.12. The van der Waals surface area contributed by atoms with Crippen molar-refractivity contribution < 1.29 is 24.2 Å². The third-order valence-electron chi connectivity index (χ3n) is 8.79. The lowest BCUT2D eigenvalue weighted by atomic mass is 9.62. The van der Waals surface area contributed by atoms with Gasteiger partial charge in [0.05, 0.1) is 30.1 Å². The molecule has 202 valence electrons. The van der Waals surface area contributed by atoms with Gasteiger partial charge in [-0.1, -0.05) is 46.3 Å². The van der Waals surface area contributed by atoms with Gasteiger partial charge >= 0.3 is 0 Å². The van der Waals surface area contributed by atoms with Gasteiger partial charge in [-0.2, -0.15) is 0 Å². The van der Waals surface area contributed by atoms with Crippen LogP contribution in [0.25, 0.3) is 0 Å². The van der Waals surface area contributed by atoms with Crippen molar-refractivity contribution in [1.82, 2.24) is 14.7 Å². The first-order chi connectivity index (χ1) is 17.0. The van der Waals surface area contributed by atoms with Crippen molar-refractivity contribution in [2.24, 2.45) is 23.7 Å². The summed E-state index contributed by atoms with van der Waals surface area (Å²) in [4.78, 5) is 47.3. The molecule has 0 radical (unpaired) electrons. The predicted octanol–water partition coefficient (Wildman–Crippen LogP) is 2.47. The summed E-state index contributed by atoms with van der Waals surface area (Å²) < 4.78 is 6.80. The lowest BCUT2D eigenvalue weighted by Gasteiger charge is -2.40. The number of likely N-dealkylation sites (tertiary alicyclic amines) is 1. The van der Waals surface area contributed by atoms with Gasteiger partial charge in [-0.05, 0) is 31.6 Å². The maximum absolute atomic E-state index is 14.3. The Hall–Kier alpha value is -2.19. The van der Waals surface area contributed by atoms with Gasteiger partial charge in [0.2, 0.25) is 17.7 Å². The van der Waals surface area contributed by atoms with Gasteiger partial charge < -0.3 is 24.5 Å². The van der Waals surface area contributed by atoms with Crippen LogP contribution in [0, 0.1) is 23.7 Å². The number of amides is 3. The zero-order chi connectivity index (χ0) is 27.0. The third-order valence-corrected chi connectivity index (χ3v) is 8.79. The first-order valence-electron chi connectivity index (χ1n) is 13.3. The SMILES string of the molecule is C=CCN(C)C(=O)[C@H]1[C@H]2C(=O)N([C@@H](CO)C(C)C)C(C(=O)N(CC=C)CCCC)C23CC(C)[C@]1(C)O3. The second-order valence-corrected chi connectivity index (χ2v) is 11.4. The summed E-state index contributed by atoms with van der Waals surface area (Å²) in [6.45, 7) is 18.5. The van der Waals surface area contributed by atoms with Crippen LogP contribution in [0.2, 0.25) is 0 Å². The van der Waals surface area contributed by atoms with E-state index in [-0.39, 0.29) is 36.2 Å². The second-order valence-electron chi connectivity index (χ2n) is 11.4. The molecular weight excluding hydrogens is 458 g/mol. The first-order valence-corrected chi connectivity index (χ1v) is 13.3. The molecule has 0 aliphatic carbocycles. The lowest BCUT2D eigenvalue weighted by Crippen LogP contribution is -2.59. The molecule has 7 atom stereocenters. The Kier molecular flexibility index (Phi) is 8.40. The molecule has 3 unspecified atom stereocenters. The molecule has 36 heavy (non-hydrogen) atoms. The summed E-state index contributed by atoms with van der Waals surface area (Å²) >= 11 is 0. The molecule has 0 saturated carbocycles. The van der Waals surface area contributed by atoms with E-state index in [1.165, 1.54) is 0 Å². The molecule has 0 aromatic heterocycles. The maximum Gasteiger partial charge on any atom is 0.248 e. The number of aliphatic hydroxyl groups excluding tert-OH is 1. The fourth-order valence-electron chi connectivity index (χ4n) is 6.80. The number of carbonyl (C=O) groups excluding carboxylic acids is 3. The molecular formula is C28H45N3O5. The molecule has 3 fully saturated rings. The van der Waals surface area contributed by atoms with Gasteiger partial charge in [0.1, 0.15) is 11.6 Å². The fourth-order valence-corrected chi connectivity index (χ4v) is 6.80. The topological polar surface area (TPSA) is 90.4 Å². The van der Waals surface area contributed by atoms with Crippen LogP contribution in [-0.4, -0.2) is 94.1 Å². The number of hydrogen-bond acceptors (Lipinski definition) is 5. The fraction of sp³-hybridized carbons (Fsp3) is 0.750. The summed E-state index contributed by atoms with van der Waals surface area (Å²) in [6.07, 6.45) is 5.61. The van der Waals surface area contributed by atoms with Crippen molar-refractivity contribution in [3.05, 3.63) is 25.3 Å². The van der Waals surface area contributed by atoms with Crippen molar-refractivity contribution >= 4 is 17.7 Å². The first kappa shape index (κ1) is 28.4. The van der Waals surface area contributed by atoms with Gasteiger partial charge in [-0.15, -0.1) is 13.2 Å². The molecule has 1 N–H and O–H groups in total. The summed E-state index contributed by atoms with van der Waals surface area (Å²) in [7, 11) is 1.71. The molecule has 3 rings (SSSR count). The summed E-state index contributed by atoms with van der Waals surface area (Å²) in [6, 6.07) is -1.46. The van der Waals surface area contributed by atoms with Crippen LogP contribution in [0.3, 0.4) is 0 Å². The van der Waals surface area contributed by atoms with Crippen molar-refractivity contribution in [3.63, 3.8) is 0 Å². The van der Waals surface area contributed by atoms with Gasteiger partial charge in [-0.3, -0.25) is 14.4 Å². The van der Waals surface area contributed by atoms with E-state index >= 15 is 0 Å². The molecule has 3 heterocycles. The summed E-state index contributed by atoms with van der Waals surface area (Å²) in [5.41, 5.74) is -1.98. The number of aliphatic hydroxyl groups is 1. The average molecular weight is 504 g/mol. The van der Waals surface area contributed by atoms with Crippen LogP contribution in [0.4, 0.5) is 0 Å². The van der Waals surface area contributed by atoms with Gasteiger partial charge in [0, 0.05) is 26.7 Å². The zero-order valence-electron chi connectivity index (χ0n) is 22.9. The highest BCUT2D eigenvalue weighted by molar-refractivity contribution is 5.99. The predicted molar refractivity (Wildman–Crippen MR) is 139 cm³/mol. The molecule has 8 heteroatoms. The summed E-state index contributed by atoms with van der Waals surface area (Å²) in [5.74, 6) is -2.24. The van der Waals surface area contributed by atoms with E-state index in [0.717, 1.165) is 12.8 Å². The molecule has 0 aromatic carbocycles. The number of fused-ring (bicyclic) bond motifs is 1. The van der Waals surface area contributed by atoms with Crippen molar-refractivity contribution in [1.29, 1.82) is 0 Å². The number of hydrogen-bond donors (Lipinski definition) is 1. The number of ether oxygens (including phenoxy) is 1. The molecule has 2 bridgehead atoms. The molecule has 3 aliphatic heterocycles. The van der Waals surface area contributed by atoms with Crippen LogP contribution in [0.5, 0.6) is 0 Å². The van der Waals surface area contributed by atoms with Crippen molar-refractivity contribution in [3.8, 4) is 0 Å². The largest absolute Gasteiger partial charge is 0.394 e. The Morgan fingerprint density at radius 3 is 2.42 bits per heavy atom. The number of rotatable bonds is 12. The average Bonchev–Trinajstić information content (AvgIpc) is 3.33. The second kappa shape index (κ2) is 10.7. The number of nitrogens with zero attached hydrogens (tertiary/aromatic N) is 3. The normalized spacial score (nSPS) is 33.6. The van der Waals surface area contributed by atoms with Crippen LogP contribution in [0.1, 0.15) is 53.9 Å². The van der Waals surface area contributed by atoms with E-state index in [9.17, 15) is 19.5 Å². The molecule has 3 saturated heterocycles. The Morgan fingerprint density at radius 2 is 1.89 bits per heavy atom. The van der Waals surface area contributed by atoms with E-state index in [4.69, 9.17) is 4.74 Å². The molecule has 1 spiro atoms. The third kappa shape index (κ3) is 4.20. The van der Waals surface area contributed by atoms with E-state index < -0.39 is 35.1 Å². The van der Waals surface area contributed by atoms with Crippen molar-refractivity contribution in [2.45, 2.75) is 77.2 Å². The van der Waals surface area contributed by atoms with Crippen LogP contribution < -0.4 is 0 Å². The molecule has 3 aliphatic rings. The Balaban J connectivity index is 2.18. The van der Waals surface area contributed by atoms with E-state index in [0.29, 0.717) is 26.1 Å². The van der Waals surface area contributed by atoms with Crippen LogP contribution in [-0.2, 0) is 19.1 Å². The zero-order valence-corrected chi connectivity index (χ0v) is 22.9. The molecule has 3 amide bonds. The van der Waals surface area contributed by atoms with Gasteiger partial charge in [-0.25, -0.2) is 0 Å². The number of carbonyl (C=O) groups is 3. The quantitative estimate of drug-likeness (QED) is 0.413. The molecule has 8 nitrogen and oxygen atoms in total. The number of likely N-dealkylation sites (N-methyl/N-ethyl adjacent to an activating group) is 1. The van der Waals surface area contributed by atoms with E-state index in [2.05, 4.69) is 20.1 Å².